The number of carbonyl (C=O) groups excluding carboxylic acids is 1. The molecule has 1 aromatic heterocycles. The summed E-state index contributed by atoms with van der Waals surface area (Å²) in [7, 11) is 0. The Balaban J connectivity index is 0.000000810. The molecule has 1 rings (SSSR count). The van der Waals surface area contributed by atoms with E-state index in [9.17, 15) is 4.79 Å². The van der Waals surface area contributed by atoms with Crippen LogP contribution in [0.2, 0.25) is 0 Å². The minimum Gasteiger partial charge on any atom is -0.364 e. The fraction of sp³-hybridized carbons (Fsp3) is 0. The van der Waals surface area contributed by atoms with Crippen LogP contribution in [0.5, 0.6) is 0 Å². The van der Waals surface area contributed by atoms with E-state index in [1.807, 2.05) is 0 Å². The second-order valence-electron chi connectivity index (χ2n) is 1.58. The van der Waals surface area contributed by atoms with E-state index in [0.717, 1.165) is 0 Å². The molecular formula is C6H6CuN2O+. The number of primary amides is 1. The number of nitrogens with zero attached hydrogens (tertiary/aromatic N) is 1. The molecule has 10 heavy (non-hydrogen) atoms. The largest absolute Gasteiger partial charge is 1.00 e. The van der Waals surface area contributed by atoms with Gasteiger partial charge in [-0.2, -0.15) is 0 Å². The van der Waals surface area contributed by atoms with E-state index < -0.39 is 5.91 Å². The zero-order valence-corrected chi connectivity index (χ0v) is 5.99. The molecule has 0 aliphatic rings. The Bertz CT molecular complexity index is 212. The number of carbonyl (C=O) groups is 1. The van der Waals surface area contributed by atoms with Crippen LogP contribution in [0.3, 0.4) is 0 Å². The molecule has 4 heteroatoms. The predicted molar refractivity (Wildman–Crippen MR) is 32.8 cm³/mol. The Hall–Kier alpha value is -0.861. The smallest absolute Gasteiger partial charge is 0.364 e. The maximum Gasteiger partial charge on any atom is 1.00 e. The zero-order valence-electron chi connectivity index (χ0n) is 5.04. The summed E-state index contributed by atoms with van der Waals surface area (Å²) in [5.74, 6) is -0.490. The molecule has 3 nitrogen and oxygen atoms in total. The van der Waals surface area contributed by atoms with E-state index in [1.54, 1.807) is 18.2 Å². The van der Waals surface area contributed by atoms with Gasteiger partial charge in [0.05, 0.1) is 0 Å². The Morgan fingerprint density at radius 1 is 1.50 bits per heavy atom. The summed E-state index contributed by atoms with van der Waals surface area (Å²) in [5.41, 5.74) is 5.22. The van der Waals surface area contributed by atoms with Crippen LogP contribution in [0.25, 0.3) is 0 Å². The summed E-state index contributed by atoms with van der Waals surface area (Å²) in [6.07, 6.45) is 1.53. The van der Waals surface area contributed by atoms with Gasteiger partial charge in [-0.15, -0.1) is 0 Å². The van der Waals surface area contributed by atoms with Crippen molar-refractivity contribution in [3.05, 3.63) is 30.1 Å². The molecule has 1 heterocycles. The van der Waals surface area contributed by atoms with E-state index in [4.69, 9.17) is 5.73 Å². The summed E-state index contributed by atoms with van der Waals surface area (Å²) in [4.78, 5) is 14.1. The van der Waals surface area contributed by atoms with Gasteiger partial charge in [0.25, 0.3) is 5.91 Å². The fourth-order valence-electron chi connectivity index (χ4n) is 0.509. The fourth-order valence-corrected chi connectivity index (χ4v) is 0.509. The van der Waals surface area contributed by atoms with E-state index in [1.165, 1.54) is 6.20 Å². The number of hydrogen-bond acceptors (Lipinski definition) is 2. The number of pyridine rings is 1. The Kier molecular flexibility index (Phi) is 3.69. The van der Waals surface area contributed by atoms with Crippen molar-refractivity contribution in [1.82, 2.24) is 4.98 Å². The molecule has 0 radical (unpaired) electrons. The number of amides is 1. The summed E-state index contributed by atoms with van der Waals surface area (Å²) in [6.45, 7) is 0. The van der Waals surface area contributed by atoms with Crippen molar-refractivity contribution in [3.63, 3.8) is 0 Å². The molecule has 0 bridgehead atoms. The zero-order chi connectivity index (χ0) is 6.69. The van der Waals surface area contributed by atoms with Gasteiger partial charge in [0.15, 0.2) is 0 Å². The van der Waals surface area contributed by atoms with E-state index in [-0.39, 0.29) is 17.1 Å². The number of hydrogen-bond donors (Lipinski definition) is 1. The van der Waals surface area contributed by atoms with Crippen LogP contribution in [0.15, 0.2) is 24.4 Å². The molecule has 0 spiro atoms. The maximum atomic E-state index is 10.4. The number of rotatable bonds is 1. The van der Waals surface area contributed by atoms with Crippen LogP contribution in [0.4, 0.5) is 0 Å². The van der Waals surface area contributed by atoms with Crippen molar-refractivity contribution in [1.29, 1.82) is 0 Å². The van der Waals surface area contributed by atoms with Crippen LogP contribution >= 0.6 is 0 Å². The Morgan fingerprint density at radius 3 is 2.50 bits per heavy atom. The molecule has 0 atom stereocenters. The van der Waals surface area contributed by atoms with Gasteiger partial charge in [0.2, 0.25) is 0 Å². The number of nitrogens with two attached hydrogens (primary N) is 1. The van der Waals surface area contributed by atoms with Crippen LogP contribution in [-0.4, -0.2) is 10.9 Å². The Morgan fingerprint density at radius 2 is 2.20 bits per heavy atom. The quantitative estimate of drug-likeness (QED) is 0.635. The van der Waals surface area contributed by atoms with Crippen molar-refractivity contribution in [2.24, 2.45) is 5.73 Å². The van der Waals surface area contributed by atoms with E-state index >= 15 is 0 Å². The minimum atomic E-state index is -0.490. The van der Waals surface area contributed by atoms with Crippen LogP contribution in [0.1, 0.15) is 10.5 Å². The number of aromatic nitrogens is 1. The van der Waals surface area contributed by atoms with Crippen LogP contribution in [-0.2, 0) is 17.1 Å². The average Bonchev–Trinajstić information content (AvgIpc) is 1.90. The van der Waals surface area contributed by atoms with Crippen molar-refractivity contribution < 1.29 is 21.9 Å². The second kappa shape index (κ2) is 4.04. The Labute approximate surface area is 69.1 Å². The van der Waals surface area contributed by atoms with Gasteiger partial charge in [-0.05, 0) is 12.1 Å². The summed E-state index contributed by atoms with van der Waals surface area (Å²) >= 11 is 0. The maximum absolute atomic E-state index is 10.4. The summed E-state index contributed by atoms with van der Waals surface area (Å²) < 4.78 is 0. The van der Waals surface area contributed by atoms with E-state index in [0.29, 0.717) is 5.69 Å². The average molecular weight is 186 g/mol. The van der Waals surface area contributed by atoms with Crippen molar-refractivity contribution in [2.75, 3.05) is 0 Å². The molecule has 0 saturated carbocycles. The molecule has 0 fully saturated rings. The molecule has 0 aromatic carbocycles. The molecule has 1 amide bonds. The molecule has 0 saturated heterocycles. The van der Waals surface area contributed by atoms with Crippen molar-refractivity contribution in [3.8, 4) is 0 Å². The van der Waals surface area contributed by atoms with Gasteiger partial charge in [-0.25, -0.2) is 0 Å². The molecule has 1 aromatic rings. The first-order valence-electron chi connectivity index (χ1n) is 2.51. The first-order valence-corrected chi connectivity index (χ1v) is 2.51. The van der Waals surface area contributed by atoms with Gasteiger partial charge in [0, 0.05) is 6.20 Å². The summed E-state index contributed by atoms with van der Waals surface area (Å²) in [6, 6.07) is 5.02. The molecule has 2 N–H and O–H groups in total. The third-order valence-corrected chi connectivity index (χ3v) is 0.917. The predicted octanol–water partition coefficient (Wildman–Crippen LogP) is 0.178. The molecule has 0 unspecified atom stereocenters. The third kappa shape index (κ3) is 2.17. The topological polar surface area (TPSA) is 56.0 Å². The molecule has 0 aliphatic heterocycles. The molecular weight excluding hydrogens is 180 g/mol. The van der Waals surface area contributed by atoms with Gasteiger partial charge >= 0.3 is 17.1 Å². The van der Waals surface area contributed by atoms with Crippen LogP contribution < -0.4 is 5.73 Å². The van der Waals surface area contributed by atoms with E-state index in [2.05, 4.69) is 4.98 Å². The van der Waals surface area contributed by atoms with Gasteiger partial charge in [-0.1, -0.05) is 6.07 Å². The standard InChI is InChI=1S/C6H6N2O.Cu/c7-6(9)5-3-1-2-4-8-5;/h1-4H,(H2,7,9);/q;+1. The SMILES string of the molecule is NC(=O)c1ccccn1.[Cu+]. The van der Waals surface area contributed by atoms with Gasteiger partial charge in [0.1, 0.15) is 5.69 Å². The third-order valence-electron chi connectivity index (χ3n) is 0.917. The second-order valence-corrected chi connectivity index (χ2v) is 1.58. The van der Waals surface area contributed by atoms with Crippen molar-refractivity contribution >= 4 is 5.91 Å². The molecule has 56 valence electrons. The normalized spacial score (nSPS) is 8.00. The first-order chi connectivity index (χ1) is 4.30. The molecule has 0 aliphatic carbocycles. The monoisotopic (exact) mass is 185 g/mol. The summed E-state index contributed by atoms with van der Waals surface area (Å²) in [5, 5.41) is 0. The van der Waals surface area contributed by atoms with Gasteiger partial charge < -0.3 is 5.73 Å². The van der Waals surface area contributed by atoms with Gasteiger partial charge in [-0.3, -0.25) is 9.78 Å². The first kappa shape index (κ1) is 9.14. The van der Waals surface area contributed by atoms with Crippen LogP contribution in [0, 0.1) is 0 Å². The minimum absolute atomic E-state index is 0. The van der Waals surface area contributed by atoms with Crippen molar-refractivity contribution in [2.45, 2.75) is 0 Å².